The van der Waals surface area contributed by atoms with Gasteiger partial charge in [0.2, 0.25) is 5.95 Å². The molecule has 0 saturated heterocycles. The minimum absolute atomic E-state index is 0.116. The normalized spacial score (nSPS) is 17.7. The molecule has 1 amide bonds. The fourth-order valence-corrected chi connectivity index (χ4v) is 4.85. The zero-order valence-electron chi connectivity index (χ0n) is 23.1. The van der Waals surface area contributed by atoms with Gasteiger partial charge in [-0.15, -0.1) is 0 Å². The maximum absolute atomic E-state index is 12.1. The number of rotatable bonds is 7. The van der Waals surface area contributed by atoms with E-state index >= 15 is 0 Å². The molecule has 0 bridgehead atoms. The summed E-state index contributed by atoms with van der Waals surface area (Å²) in [7, 11) is 3.24. The van der Waals surface area contributed by atoms with Crippen LogP contribution >= 0.6 is 0 Å². The second-order valence-corrected chi connectivity index (χ2v) is 10.9. The predicted octanol–water partition coefficient (Wildman–Crippen LogP) is 4.56. The fraction of sp³-hybridized carbons (Fsp3) is 0.536. The number of nitrogens with zero attached hydrogens (tertiary/aromatic N) is 4. The van der Waals surface area contributed by atoms with Gasteiger partial charge in [0.25, 0.3) is 0 Å². The number of carbonyl (C=O) groups is 2. The summed E-state index contributed by atoms with van der Waals surface area (Å²) < 4.78 is 11.9. The molecule has 3 aromatic rings. The number of carbonyl (C=O) groups excluding carboxylic acids is 2. The maximum atomic E-state index is 12.1. The summed E-state index contributed by atoms with van der Waals surface area (Å²) in [5.41, 5.74) is 4.12. The Morgan fingerprint density at radius 1 is 1.11 bits per heavy atom. The second kappa shape index (κ2) is 11.4. The third-order valence-corrected chi connectivity index (χ3v) is 6.70. The molecule has 38 heavy (non-hydrogen) atoms. The Kier molecular flexibility index (Phi) is 8.18. The molecule has 10 nitrogen and oxygen atoms in total. The highest BCUT2D eigenvalue weighted by atomic mass is 16.6. The summed E-state index contributed by atoms with van der Waals surface area (Å²) in [6.07, 6.45) is 6.02. The number of nitrogens with one attached hydrogen (secondary N) is 2. The van der Waals surface area contributed by atoms with Crippen molar-refractivity contribution in [3.8, 4) is 11.3 Å². The molecule has 204 valence electrons. The van der Waals surface area contributed by atoms with Crippen molar-refractivity contribution in [1.82, 2.24) is 25.1 Å². The summed E-state index contributed by atoms with van der Waals surface area (Å²) in [6, 6.07) is 6.47. The van der Waals surface area contributed by atoms with Crippen LogP contribution < -0.4 is 10.6 Å². The average molecular weight is 523 g/mol. The molecule has 0 aliphatic heterocycles. The number of aryl methyl sites for hydroxylation is 2. The number of benzene rings is 1. The Hall–Kier alpha value is -3.69. The van der Waals surface area contributed by atoms with Gasteiger partial charge in [-0.25, -0.2) is 14.8 Å². The van der Waals surface area contributed by atoms with Gasteiger partial charge in [0.1, 0.15) is 5.60 Å². The van der Waals surface area contributed by atoms with E-state index in [4.69, 9.17) is 14.5 Å². The Morgan fingerprint density at radius 3 is 2.47 bits per heavy atom. The molecule has 1 saturated carbocycles. The Labute approximate surface area is 223 Å². The van der Waals surface area contributed by atoms with Crippen LogP contribution in [0.2, 0.25) is 0 Å². The molecular formula is C28H38N6O4. The minimum atomic E-state index is -0.500. The van der Waals surface area contributed by atoms with Crippen LogP contribution in [0, 0.1) is 0 Å². The molecule has 0 spiro atoms. The first-order valence-corrected chi connectivity index (χ1v) is 13.2. The maximum Gasteiger partial charge on any atom is 0.407 e. The largest absolute Gasteiger partial charge is 0.469 e. The zero-order chi connectivity index (χ0) is 27.4. The molecule has 2 heterocycles. The van der Waals surface area contributed by atoms with E-state index in [1.807, 2.05) is 40.1 Å². The van der Waals surface area contributed by atoms with Crippen LogP contribution in [0.15, 0.2) is 24.4 Å². The summed E-state index contributed by atoms with van der Waals surface area (Å²) >= 11 is 0. The highest BCUT2D eigenvalue weighted by molar-refractivity contribution is 5.87. The van der Waals surface area contributed by atoms with Gasteiger partial charge in [0.05, 0.1) is 30.4 Å². The summed E-state index contributed by atoms with van der Waals surface area (Å²) in [4.78, 5) is 33.2. The number of alkyl carbamates (subject to hydrolysis) is 1. The monoisotopic (exact) mass is 522 g/mol. The summed E-state index contributed by atoms with van der Waals surface area (Å²) in [6.45, 7) is 7.71. The van der Waals surface area contributed by atoms with Crippen molar-refractivity contribution in [2.45, 2.75) is 83.9 Å². The first-order valence-electron chi connectivity index (χ1n) is 13.2. The first kappa shape index (κ1) is 27.3. The van der Waals surface area contributed by atoms with Gasteiger partial charge in [-0.3, -0.25) is 9.48 Å². The van der Waals surface area contributed by atoms with Crippen LogP contribution in [-0.4, -0.2) is 56.6 Å². The van der Waals surface area contributed by atoms with Gasteiger partial charge in [-0.1, -0.05) is 6.92 Å². The molecule has 0 unspecified atom stereocenters. The molecule has 1 fully saturated rings. The second-order valence-electron chi connectivity index (χ2n) is 10.9. The van der Waals surface area contributed by atoms with Crippen molar-refractivity contribution in [3.05, 3.63) is 35.7 Å². The SMILES string of the molecule is CCc1cc(-c2cc(CC(=O)OC)nn2C)cc2cnc(N[C@H]3CC[C@H](NC(=O)OC(C)(C)C)CC3)nc12. The zero-order valence-corrected chi connectivity index (χ0v) is 23.1. The van der Waals surface area contributed by atoms with Crippen molar-refractivity contribution >= 4 is 28.9 Å². The molecule has 1 aromatic carbocycles. The quantitative estimate of drug-likeness (QED) is 0.434. The number of methoxy groups -OCH3 is 1. The van der Waals surface area contributed by atoms with E-state index in [1.165, 1.54) is 7.11 Å². The van der Waals surface area contributed by atoms with Crippen LogP contribution in [0.4, 0.5) is 10.7 Å². The Morgan fingerprint density at radius 2 is 1.82 bits per heavy atom. The number of ether oxygens (including phenoxy) is 2. The molecule has 1 aliphatic carbocycles. The van der Waals surface area contributed by atoms with Gasteiger partial charge in [-0.2, -0.15) is 5.10 Å². The van der Waals surface area contributed by atoms with E-state index in [1.54, 1.807) is 4.68 Å². The lowest BCUT2D eigenvalue weighted by Crippen LogP contribution is -2.42. The molecule has 1 aliphatic rings. The first-order chi connectivity index (χ1) is 18.0. The number of hydrogen-bond acceptors (Lipinski definition) is 8. The third-order valence-electron chi connectivity index (χ3n) is 6.70. The van der Waals surface area contributed by atoms with E-state index < -0.39 is 5.60 Å². The molecule has 2 N–H and O–H groups in total. The van der Waals surface area contributed by atoms with Gasteiger partial charge in [0, 0.05) is 36.3 Å². The Balaban J connectivity index is 1.44. The number of fused-ring (bicyclic) bond motifs is 1. The van der Waals surface area contributed by atoms with E-state index in [9.17, 15) is 9.59 Å². The lowest BCUT2D eigenvalue weighted by Gasteiger charge is -2.30. The molecule has 4 rings (SSSR count). The lowest BCUT2D eigenvalue weighted by molar-refractivity contribution is -0.139. The minimum Gasteiger partial charge on any atom is -0.469 e. The van der Waals surface area contributed by atoms with E-state index in [0.29, 0.717) is 11.6 Å². The smallest absolute Gasteiger partial charge is 0.407 e. The Bertz CT molecular complexity index is 1300. The molecule has 0 atom stereocenters. The molecule has 0 radical (unpaired) electrons. The van der Waals surface area contributed by atoms with Crippen LogP contribution in [0.25, 0.3) is 22.2 Å². The lowest BCUT2D eigenvalue weighted by atomic mass is 9.91. The van der Waals surface area contributed by atoms with Gasteiger partial charge in [0.15, 0.2) is 0 Å². The van der Waals surface area contributed by atoms with Crippen molar-refractivity contribution in [2.24, 2.45) is 7.05 Å². The van der Waals surface area contributed by atoms with Crippen LogP contribution in [0.5, 0.6) is 0 Å². The van der Waals surface area contributed by atoms with E-state index in [0.717, 1.165) is 59.8 Å². The number of amides is 1. The number of anilines is 1. The van der Waals surface area contributed by atoms with E-state index in [2.05, 4.69) is 39.8 Å². The summed E-state index contributed by atoms with van der Waals surface area (Å²) in [5, 5.41) is 11.9. The summed E-state index contributed by atoms with van der Waals surface area (Å²) in [5.74, 6) is 0.299. The highest BCUT2D eigenvalue weighted by Gasteiger charge is 2.25. The van der Waals surface area contributed by atoms with Gasteiger partial charge >= 0.3 is 12.1 Å². The van der Waals surface area contributed by atoms with Crippen LogP contribution in [-0.2, 0) is 34.2 Å². The highest BCUT2D eigenvalue weighted by Crippen LogP contribution is 2.29. The number of aromatic nitrogens is 4. The fourth-order valence-electron chi connectivity index (χ4n) is 4.85. The average Bonchev–Trinajstić information content (AvgIpc) is 3.23. The van der Waals surface area contributed by atoms with Crippen molar-refractivity contribution in [2.75, 3.05) is 12.4 Å². The molecule has 10 heteroatoms. The van der Waals surface area contributed by atoms with Gasteiger partial charge in [-0.05, 0) is 76.6 Å². The van der Waals surface area contributed by atoms with Crippen molar-refractivity contribution < 1.29 is 19.1 Å². The van der Waals surface area contributed by atoms with Crippen molar-refractivity contribution in [3.63, 3.8) is 0 Å². The van der Waals surface area contributed by atoms with E-state index in [-0.39, 0.29) is 30.6 Å². The number of esters is 1. The molecule has 2 aromatic heterocycles. The number of hydrogen-bond donors (Lipinski definition) is 2. The molecular weight excluding hydrogens is 484 g/mol. The topological polar surface area (TPSA) is 120 Å². The van der Waals surface area contributed by atoms with Crippen molar-refractivity contribution in [1.29, 1.82) is 0 Å². The van der Waals surface area contributed by atoms with Gasteiger partial charge < -0.3 is 20.1 Å². The van der Waals surface area contributed by atoms with Crippen LogP contribution in [0.3, 0.4) is 0 Å². The third kappa shape index (κ3) is 6.79. The predicted molar refractivity (Wildman–Crippen MR) is 146 cm³/mol. The van der Waals surface area contributed by atoms with Crippen LogP contribution in [0.1, 0.15) is 64.6 Å². The standard InChI is InChI=1S/C28H38N6O4/c1-7-17-12-18(23-14-22(33-34(23)5)15-24(35)37-6)13-19-16-29-26(32-25(17)19)30-20-8-10-21(11-9-20)31-27(36)38-28(2,3)4/h12-14,16,20-21H,7-11,15H2,1-6H3,(H,31,36)(H,29,30,32)/t20-,21-.